The van der Waals surface area contributed by atoms with E-state index in [0.29, 0.717) is 17.7 Å². The summed E-state index contributed by atoms with van der Waals surface area (Å²) in [6.07, 6.45) is 1.16. The third-order valence-corrected chi connectivity index (χ3v) is 6.41. The summed E-state index contributed by atoms with van der Waals surface area (Å²) in [7, 11) is 1.67. The van der Waals surface area contributed by atoms with Gasteiger partial charge < -0.3 is 25.2 Å². The van der Waals surface area contributed by atoms with Gasteiger partial charge in [0.25, 0.3) is 5.91 Å². The minimum absolute atomic E-state index is 0.0849. The summed E-state index contributed by atoms with van der Waals surface area (Å²) in [5, 5.41) is 5.83. The molecule has 1 aliphatic heterocycles. The van der Waals surface area contributed by atoms with Crippen LogP contribution in [0.4, 0.5) is 21.5 Å². The average molecular weight is 505 g/mol. The highest BCUT2D eigenvalue weighted by atomic mass is 19.1. The van der Waals surface area contributed by atoms with E-state index in [-0.39, 0.29) is 24.2 Å². The molecule has 1 aliphatic rings. The summed E-state index contributed by atoms with van der Waals surface area (Å²) in [6, 6.07) is 19.5. The molecule has 8 heteroatoms. The highest BCUT2D eigenvalue weighted by Crippen LogP contribution is 2.31. The number of hydrogen-bond acceptors (Lipinski definition) is 5. The van der Waals surface area contributed by atoms with Gasteiger partial charge in [-0.05, 0) is 54.4 Å². The lowest BCUT2D eigenvalue weighted by atomic mass is 10.1. The summed E-state index contributed by atoms with van der Waals surface area (Å²) in [5.41, 5.74) is 3.73. The van der Waals surface area contributed by atoms with Crippen molar-refractivity contribution in [3.8, 4) is 5.75 Å². The number of methoxy groups -OCH3 is 1. The standard InChI is InChI=1S/C29H33FN4O3/c1-3-6-28(35)32-23-13-14-25(24(19-23)29(36)31-20-21-9-11-22(30)12-10-21)33-15-17-34(18-16-33)26-7-4-5-8-27(26)37-2/h4-5,7-14,19H,3,6,15-18,20H2,1-2H3,(H,31,36)(H,32,35). The first kappa shape index (κ1) is 26.0. The smallest absolute Gasteiger partial charge is 0.253 e. The molecular formula is C29H33FN4O3. The number of rotatable bonds is 9. The Kier molecular flexibility index (Phi) is 8.61. The van der Waals surface area contributed by atoms with E-state index < -0.39 is 0 Å². The molecule has 3 aromatic rings. The Hall–Kier alpha value is -4.07. The van der Waals surface area contributed by atoms with Crippen molar-refractivity contribution in [2.75, 3.05) is 48.4 Å². The first-order valence-electron chi connectivity index (χ1n) is 12.6. The van der Waals surface area contributed by atoms with Crippen molar-refractivity contribution in [3.63, 3.8) is 0 Å². The maximum absolute atomic E-state index is 13.3. The van der Waals surface area contributed by atoms with Gasteiger partial charge in [0.15, 0.2) is 0 Å². The van der Waals surface area contributed by atoms with Crippen molar-refractivity contribution in [2.45, 2.75) is 26.3 Å². The summed E-state index contributed by atoms with van der Waals surface area (Å²) < 4.78 is 18.8. The number of nitrogens with zero attached hydrogens (tertiary/aromatic N) is 2. The summed E-state index contributed by atoms with van der Waals surface area (Å²) in [5.74, 6) is 0.181. The number of nitrogens with one attached hydrogen (secondary N) is 2. The van der Waals surface area contributed by atoms with Crippen LogP contribution in [0.5, 0.6) is 5.75 Å². The number of amides is 2. The predicted molar refractivity (Wildman–Crippen MR) is 145 cm³/mol. The second-order valence-corrected chi connectivity index (χ2v) is 8.99. The second kappa shape index (κ2) is 12.3. The molecular weight excluding hydrogens is 471 g/mol. The minimum atomic E-state index is -0.319. The molecule has 0 bridgehead atoms. The van der Waals surface area contributed by atoms with Crippen LogP contribution in [0.2, 0.25) is 0 Å². The Balaban J connectivity index is 1.52. The van der Waals surface area contributed by atoms with Crippen molar-refractivity contribution >= 4 is 28.9 Å². The van der Waals surface area contributed by atoms with Crippen molar-refractivity contribution < 1.29 is 18.7 Å². The number of para-hydroxylation sites is 2. The number of carbonyl (C=O) groups is 2. The van der Waals surface area contributed by atoms with E-state index in [1.54, 1.807) is 25.3 Å². The Morgan fingerprint density at radius 2 is 1.59 bits per heavy atom. The fourth-order valence-electron chi connectivity index (χ4n) is 4.48. The fourth-order valence-corrected chi connectivity index (χ4v) is 4.48. The lowest BCUT2D eigenvalue weighted by molar-refractivity contribution is -0.116. The van der Waals surface area contributed by atoms with Gasteiger partial charge in [0, 0.05) is 50.5 Å². The second-order valence-electron chi connectivity index (χ2n) is 8.99. The molecule has 1 saturated heterocycles. The van der Waals surface area contributed by atoms with Gasteiger partial charge in [0.2, 0.25) is 5.91 Å². The molecule has 0 spiro atoms. The first-order valence-corrected chi connectivity index (χ1v) is 12.6. The molecule has 0 unspecified atom stereocenters. The van der Waals surface area contributed by atoms with Crippen LogP contribution >= 0.6 is 0 Å². The van der Waals surface area contributed by atoms with Crippen molar-refractivity contribution in [3.05, 3.63) is 83.7 Å². The highest BCUT2D eigenvalue weighted by molar-refractivity contribution is 6.02. The Morgan fingerprint density at radius 1 is 0.919 bits per heavy atom. The third kappa shape index (κ3) is 6.58. The van der Waals surface area contributed by atoms with Gasteiger partial charge in [-0.3, -0.25) is 9.59 Å². The minimum Gasteiger partial charge on any atom is -0.495 e. The maximum Gasteiger partial charge on any atom is 0.253 e. The number of ether oxygens (including phenoxy) is 1. The van der Waals surface area contributed by atoms with Crippen LogP contribution in [0.3, 0.4) is 0 Å². The van der Waals surface area contributed by atoms with E-state index in [0.717, 1.165) is 55.3 Å². The fraction of sp³-hybridized carbons (Fsp3) is 0.310. The van der Waals surface area contributed by atoms with Crippen LogP contribution in [0, 0.1) is 5.82 Å². The zero-order valence-electron chi connectivity index (χ0n) is 21.3. The van der Waals surface area contributed by atoms with Crippen LogP contribution in [0.15, 0.2) is 66.7 Å². The Morgan fingerprint density at radius 3 is 2.27 bits per heavy atom. The summed E-state index contributed by atoms with van der Waals surface area (Å²) >= 11 is 0. The van der Waals surface area contributed by atoms with Crippen molar-refractivity contribution in [1.29, 1.82) is 0 Å². The monoisotopic (exact) mass is 504 g/mol. The number of carbonyl (C=O) groups excluding carboxylic acids is 2. The van der Waals surface area contributed by atoms with E-state index in [9.17, 15) is 14.0 Å². The van der Waals surface area contributed by atoms with Crippen molar-refractivity contribution in [1.82, 2.24) is 5.32 Å². The van der Waals surface area contributed by atoms with Crippen LogP contribution in [-0.2, 0) is 11.3 Å². The molecule has 1 fully saturated rings. The molecule has 0 atom stereocenters. The topological polar surface area (TPSA) is 73.9 Å². The van der Waals surface area contributed by atoms with Gasteiger partial charge in [-0.2, -0.15) is 0 Å². The molecule has 194 valence electrons. The Labute approximate surface area is 217 Å². The van der Waals surface area contributed by atoms with E-state index in [2.05, 4.69) is 26.5 Å². The quantitative estimate of drug-likeness (QED) is 0.437. The zero-order chi connectivity index (χ0) is 26.2. The molecule has 2 N–H and O–H groups in total. The van der Waals surface area contributed by atoms with Crippen molar-refractivity contribution in [2.24, 2.45) is 0 Å². The predicted octanol–water partition coefficient (Wildman–Crippen LogP) is 4.83. The average Bonchev–Trinajstić information content (AvgIpc) is 2.93. The SMILES string of the molecule is CCCC(=O)Nc1ccc(N2CCN(c3ccccc3OC)CC2)c(C(=O)NCc2ccc(F)cc2)c1. The van der Waals surface area contributed by atoms with E-state index in [1.807, 2.05) is 37.3 Å². The van der Waals surface area contributed by atoms with Crippen LogP contribution in [-0.4, -0.2) is 45.1 Å². The van der Waals surface area contributed by atoms with Gasteiger partial charge in [-0.25, -0.2) is 4.39 Å². The third-order valence-electron chi connectivity index (χ3n) is 6.41. The Bertz CT molecular complexity index is 1220. The van der Waals surface area contributed by atoms with Gasteiger partial charge >= 0.3 is 0 Å². The van der Waals surface area contributed by atoms with Crippen LogP contribution in [0.25, 0.3) is 0 Å². The maximum atomic E-state index is 13.3. The number of halogens is 1. The largest absolute Gasteiger partial charge is 0.495 e. The molecule has 0 aliphatic carbocycles. The van der Waals surface area contributed by atoms with Crippen LogP contribution in [0.1, 0.15) is 35.7 Å². The molecule has 0 radical (unpaired) electrons. The molecule has 7 nitrogen and oxygen atoms in total. The van der Waals surface area contributed by atoms with Gasteiger partial charge in [0.05, 0.1) is 18.4 Å². The summed E-state index contributed by atoms with van der Waals surface area (Å²) in [6.45, 7) is 5.20. The number of piperazine rings is 1. The van der Waals surface area contributed by atoms with E-state index in [4.69, 9.17) is 4.74 Å². The number of anilines is 3. The first-order chi connectivity index (χ1) is 18.0. The molecule has 4 rings (SSSR count). The van der Waals surface area contributed by atoms with Crippen LogP contribution < -0.4 is 25.2 Å². The molecule has 2 amide bonds. The zero-order valence-corrected chi connectivity index (χ0v) is 21.3. The normalized spacial score (nSPS) is 13.3. The molecule has 37 heavy (non-hydrogen) atoms. The number of benzene rings is 3. The highest BCUT2D eigenvalue weighted by Gasteiger charge is 2.24. The van der Waals surface area contributed by atoms with Gasteiger partial charge in [-0.1, -0.05) is 31.2 Å². The lowest BCUT2D eigenvalue weighted by Crippen LogP contribution is -2.47. The number of hydrogen-bond donors (Lipinski definition) is 2. The summed E-state index contributed by atoms with van der Waals surface area (Å²) in [4.78, 5) is 30.0. The van der Waals surface area contributed by atoms with Gasteiger partial charge in [-0.15, -0.1) is 0 Å². The van der Waals surface area contributed by atoms with E-state index in [1.165, 1.54) is 12.1 Å². The molecule has 0 saturated carbocycles. The molecule has 1 heterocycles. The van der Waals surface area contributed by atoms with Gasteiger partial charge in [0.1, 0.15) is 11.6 Å². The molecule has 0 aromatic heterocycles. The van der Waals surface area contributed by atoms with E-state index >= 15 is 0 Å². The lowest BCUT2D eigenvalue weighted by Gasteiger charge is -2.38. The molecule has 3 aromatic carbocycles.